The van der Waals surface area contributed by atoms with E-state index >= 15 is 0 Å². The van der Waals surface area contributed by atoms with Gasteiger partial charge in [-0.3, -0.25) is 10.1 Å². The van der Waals surface area contributed by atoms with Crippen LogP contribution in [-0.2, 0) is 0 Å². The molecule has 1 heterocycles. The number of hydrogen-bond donors (Lipinski definition) is 2. The van der Waals surface area contributed by atoms with Gasteiger partial charge in [0.25, 0.3) is 5.91 Å². The Balaban J connectivity index is 1.88. The van der Waals surface area contributed by atoms with Gasteiger partial charge in [-0.2, -0.15) is 0 Å². The van der Waals surface area contributed by atoms with Crippen LogP contribution >= 0.6 is 11.6 Å². The fourth-order valence-corrected chi connectivity index (χ4v) is 2.02. The van der Waals surface area contributed by atoms with E-state index in [1.165, 1.54) is 12.1 Å². The van der Waals surface area contributed by atoms with Crippen molar-refractivity contribution in [1.29, 1.82) is 0 Å². The normalized spacial score (nSPS) is 10.7. The van der Waals surface area contributed by atoms with Crippen molar-refractivity contribution in [3.05, 3.63) is 58.9 Å². The van der Waals surface area contributed by atoms with Crippen LogP contribution in [0.5, 0.6) is 0 Å². The zero-order valence-electron chi connectivity index (χ0n) is 10.2. The molecule has 100 valence electrons. The summed E-state index contributed by atoms with van der Waals surface area (Å²) in [6.07, 6.45) is 0. The van der Waals surface area contributed by atoms with E-state index in [0.717, 1.165) is 17.1 Å². The monoisotopic (exact) mass is 289 g/mol. The maximum atomic E-state index is 13.6. The first-order valence-corrected chi connectivity index (χ1v) is 6.22. The molecule has 3 aromatic rings. The number of rotatable bonds is 2. The highest BCUT2D eigenvalue weighted by Crippen LogP contribution is 2.17. The molecule has 2 aromatic carbocycles. The van der Waals surface area contributed by atoms with Gasteiger partial charge in [0.05, 0.1) is 16.6 Å². The smallest absolute Gasteiger partial charge is 0.260 e. The Hall–Kier alpha value is -2.40. The Morgan fingerprint density at radius 2 is 2.05 bits per heavy atom. The predicted octanol–water partition coefficient (Wildman–Crippen LogP) is 3.61. The van der Waals surface area contributed by atoms with Crippen molar-refractivity contribution in [2.45, 2.75) is 0 Å². The standard InChI is InChI=1S/C14H9ClFN3O/c15-8-5-6-9(10(16)7-8)13(20)19-14-17-11-3-1-2-4-12(11)18-14/h1-7H,(H2,17,18,19,20). The number of aromatic nitrogens is 2. The van der Waals surface area contributed by atoms with Crippen molar-refractivity contribution in [3.8, 4) is 0 Å². The molecule has 0 saturated carbocycles. The van der Waals surface area contributed by atoms with Crippen LogP contribution in [0.1, 0.15) is 10.4 Å². The third-order valence-electron chi connectivity index (χ3n) is 2.80. The summed E-state index contributed by atoms with van der Waals surface area (Å²) in [4.78, 5) is 19.1. The van der Waals surface area contributed by atoms with Crippen LogP contribution in [-0.4, -0.2) is 15.9 Å². The summed E-state index contributed by atoms with van der Waals surface area (Å²) in [5.74, 6) is -0.991. The van der Waals surface area contributed by atoms with Crippen LogP contribution in [0.2, 0.25) is 5.02 Å². The molecule has 0 bridgehead atoms. The highest BCUT2D eigenvalue weighted by molar-refractivity contribution is 6.30. The number of nitrogens with one attached hydrogen (secondary N) is 2. The highest BCUT2D eigenvalue weighted by atomic mass is 35.5. The van der Waals surface area contributed by atoms with Crippen molar-refractivity contribution in [1.82, 2.24) is 9.97 Å². The molecule has 20 heavy (non-hydrogen) atoms. The number of amides is 1. The molecule has 0 fully saturated rings. The first kappa shape index (κ1) is 12.6. The zero-order chi connectivity index (χ0) is 14.1. The number of halogens is 2. The number of H-pyrrole nitrogens is 1. The number of anilines is 1. The van der Waals surface area contributed by atoms with Crippen LogP contribution in [0.15, 0.2) is 42.5 Å². The van der Waals surface area contributed by atoms with E-state index in [9.17, 15) is 9.18 Å². The van der Waals surface area contributed by atoms with E-state index in [4.69, 9.17) is 11.6 Å². The van der Waals surface area contributed by atoms with E-state index in [1.54, 1.807) is 0 Å². The summed E-state index contributed by atoms with van der Waals surface area (Å²) >= 11 is 5.65. The maximum Gasteiger partial charge on any atom is 0.260 e. The summed E-state index contributed by atoms with van der Waals surface area (Å²) < 4.78 is 13.6. The Morgan fingerprint density at radius 3 is 2.80 bits per heavy atom. The second-order valence-corrected chi connectivity index (χ2v) is 4.62. The molecule has 1 amide bonds. The number of carbonyl (C=O) groups excluding carboxylic acids is 1. The fraction of sp³-hybridized carbons (Fsp3) is 0. The molecule has 0 radical (unpaired) electrons. The topological polar surface area (TPSA) is 57.8 Å². The Morgan fingerprint density at radius 1 is 1.25 bits per heavy atom. The van der Waals surface area contributed by atoms with Gasteiger partial charge in [-0.1, -0.05) is 23.7 Å². The largest absolute Gasteiger partial charge is 0.324 e. The second-order valence-electron chi connectivity index (χ2n) is 4.18. The van der Waals surface area contributed by atoms with Crippen molar-refractivity contribution < 1.29 is 9.18 Å². The lowest BCUT2D eigenvalue weighted by Gasteiger charge is -2.03. The Kier molecular flexibility index (Phi) is 3.12. The van der Waals surface area contributed by atoms with E-state index in [2.05, 4.69) is 15.3 Å². The third kappa shape index (κ3) is 2.35. The van der Waals surface area contributed by atoms with Gasteiger partial charge in [0.1, 0.15) is 5.82 Å². The number of carbonyl (C=O) groups is 1. The summed E-state index contributed by atoms with van der Waals surface area (Å²) in [7, 11) is 0. The van der Waals surface area contributed by atoms with Crippen molar-refractivity contribution in [3.63, 3.8) is 0 Å². The minimum absolute atomic E-state index is 0.0881. The lowest BCUT2D eigenvalue weighted by atomic mass is 10.2. The van der Waals surface area contributed by atoms with Gasteiger partial charge in [0, 0.05) is 5.02 Å². The zero-order valence-corrected chi connectivity index (χ0v) is 10.9. The average molecular weight is 290 g/mol. The van der Waals surface area contributed by atoms with Gasteiger partial charge in [0.2, 0.25) is 5.95 Å². The van der Waals surface area contributed by atoms with Crippen molar-refractivity contribution in [2.75, 3.05) is 5.32 Å². The minimum Gasteiger partial charge on any atom is -0.324 e. The number of nitrogens with zero attached hydrogens (tertiary/aromatic N) is 1. The van der Waals surface area contributed by atoms with Gasteiger partial charge in [-0.25, -0.2) is 9.37 Å². The molecule has 0 aliphatic heterocycles. The molecule has 0 aliphatic carbocycles. The molecule has 0 spiro atoms. The SMILES string of the molecule is O=C(Nc1nc2ccccc2[nH]1)c1ccc(Cl)cc1F. The number of benzene rings is 2. The fourth-order valence-electron chi connectivity index (χ4n) is 1.86. The van der Waals surface area contributed by atoms with Crippen LogP contribution in [0, 0.1) is 5.82 Å². The summed E-state index contributed by atoms with van der Waals surface area (Å²) in [5, 5.41) is 2.76. The maximum absolute atomic E-state index is 13.6. The first-order valence-electron chi connectivity index (χ1n) is 5.84. The molecule has 3 rings (SSSR count). The lowest BCUT2D eigenvalue weighted by molar-refractivity contribution is 0.102. The summed E-state index contributed by atoms with van der Waals surface area (Å²) in [6, 6.07) is 11.2. The number of para-hydroxylation sites is 2. The first-order chi connectivity index (χ1) is 9.63. The molecule has 0 atom stereocenters. The molecule has 4 nitrogen and oxygen atoms in total. The number of fused-ring (bicyclic) bond motifs is 1. The van der Waals surface area contributed by atoms with Gasteiger partial charge in [0.15, 0.2) is 0 Å². The summed E-state index contributed by atoms with van der Waals surface area (Å²) in [6.45, 7) is 0. The number of imidazole rings is 1. The van der Waals surface area contributed by atoms with Gasteiger partial charge in [-0.05, 0) is 30.3 Å². The van der Waals surface area contributed by atoms with Crippen LogP contribution in [0.3, 0.4) is 0 Å². The minimum atomic E-state index is -0.675. The summed E-state index contributed by atoms with van der Waals surface area (Å²) in [5.41, 5.74) is 1.42. The quantitative estimate of drug-likeness (QED) is 0.757. The van der Waals surface area contributed by atoms with E-state index in [1.807, 2.05) is 24.3 Å². The van der Waals surface area contributed by atoms with E-state index < -0.39 is 11.7 Å². The third-order valence-corrected chi connectivity index (χ3v) is 3.03. The van der Waals surface area contributed by atoms with Crippen LogP contribution in [0.25, 0.3) is 11.0 Å². The predicted molar refractivity (Wildman–Crippen MR) is 75.5 cm³/mol. The Bertz CT molecular complexity index is 767. The Labute approximate surface area is 118 Å². The molecular weight excluding hydrogens is 281 g/mol. The molecule has 1 aromatic heterocycles. The van der Waals surface area contributed by atoms with Gasteiger partial charge < -0.3 is 4.98 Å². The van der Waals surface area contributed by atoms with Crippen LogP contribution < -0.4 is 5.32 Å². The average Bonchev–Trinajstić information content (AvgIpc) is 2.80. The number of aromatic amines is 1. The molecule has 0 unspecified atom stereocenters. The highest BCUT2D eigenvalue weighted by Gasteiger charge is 2.13. The van der Waals surface area contributed by atoms with E-state index in [0.29, 0.717) is 0 Å². The number of hydrogen-bond acceptors (Lipinski definition) is 2. The molecule has 2 N–H and O–H groups in total. The van der Waals surface area contributed by atoms with Crippen molar-refractivity contribution in [2.24, 2.45) is 0 Å². The lowest BCUT2D eigenvalue weighted by Crippen LogP contribution is -2.14. The molecule has 0 saturated heterocycles. The van der Waals surface area contributed by atoms with Gasteiger partial charge >= 0.3 is 0 Å². The van der Waals surface area contributed by atoms with Gasteiger partial charge in [-0.15, -0.1) is 0 Å². The van der Waals surface area contributed by atoms with Crippen molar-refractivity contribution >= 4 is 34.5 Å². The van der Waals surface area contributed by atoms with E-state index in [-0.39, 0.29) is 16.5 Å². The molecule has 6 heteroatoms. The molecule has 0 aliphatic rings. The second kappa shape index (κ2) is 4.94. The molecular formula is C14H9ClFN3O. The van der Waals surface area contributed by atoms with Crippen LogP contribution in [0.4, 0.5) is 10.3 Å².